The molecule has 2 rings (SSSR count). The maximum Gasteiger partial charge on any atom is 0.0826 e. The van der Waals surface area contributed by atoms with E-state index in [0.717, 1.165) is 24.2 Å². The summed E-state index contributed by atoms with van der Waals surface area (Å²) in [6, 6.07) is 8.42. The van der Waals surface area contributed by atoms with E-state index in [0.29, 0.717) is 12.6 Å². The van der Waals surface area contributed by atoms with Crippen LogP contribution in [-0.2, 0) is 4.74 Å². The monoisotopic (exact) mass is 221 g/mol. The van der Waals surface area contributed by atoms with E-state index in [1.54, 1.807) is 7.11 Å². The molecule has 1 aromatic carbocycles. The molecule has 2 unspecified atom stereocenters. The van der Waals surface area contributed by atoms with Crippen LogP contribution in [0.5, 0.6) is 0 Å². The number of para-hydroxylation sites is 1. The third-order valence-electron chi connectivity index (χ3n) is 3.19. The molecule has 3 nitrogen and oxygen atoms in total. The summed E-state index contributed by atoms with van der Waals surface area (Å²) in [7, 11) is 1.72. The lowest BCUT2D eigenvalue weighted by molar-refractivity contribution is 0.152. The Labute approximate surface area is 96.6 Å². The van der Waals surface area contributed by atoms with E-state index in [1.165, 1.54) is 0 Å². The summed E-state index contributed by atoms with van der Waals surface area (Å²) in [5, 5.41) is 9.93. The highest BCUT2D eigenvalue weighted by Crippen LogP contribution is 2.34. The number of nitrogens with zero attached hydrogens (tertiary/aromatic N) is 1. The third kappa shape index (κ3) is 2.06. The van der Waals surface area contributed by atoms with Crippen molar-refractivity contribution in [1.29, 1.82) is 0 Å². The molecule has 0 aliphatic carbocycles. The van der Waals surface area contributed by atoms with E-state index in [4.69, 9.17) is 4.74 Å². The van der Waals surface area contributed by atoms with Gasteiger partial charge in [-0.2, -0.15) is 0 Å². The Morgan fingerprint density at radius 3 is 3.00 bits per heavy atom. The van der Waals surface area contributed by atoms with Gasteiger partial charge in [0.05, 0.1) is 12.7 Å². The van der Waals surface area contributed by atoms with Crippen molar-refractivity contribution < 1.29 is 9.84 Å². The highest BCUT2D eigenvalue weighted by molar-refractivity contribution is 5.57. The van der Waals surface area contributed by atoms with Gasteiger partial charge in [-0.05, 0) is 19.4 Å². The largest absolute Gasteiger partial charge is 0.388 e. The molecule has 1 heterocycles. The van der Waals surface area contributed by atoms with Gasteiger partial charge in [-0.1, -0.05) is 18.2 Å². The van der Waals surface area contributed by atoms with Crippen molar-refractivity contribution in [3.05, 3.63) is 29.8 Å². The maximum atomic E-state index is 9.93. The molecule has 0 fully saturated rings. The number of benzene rings is 1. The average molecular weight is 221 g/mol. The summed E-state index contributed by atoms with van der Waals surface area (Å²) in [4.78, 5) is 2.31. The fourth-order valence-corrected chi connectivity index (χ4v) is 2.36. The molecule has 0 saturated heterocycles. The summed E-state index contributed by atoms with van der Waals surface area (Å²) in [5.74, 6) is 0. The first-order valence-electron chi connectivity index (χ1n) is 5.76. The van der Waals surface area contributed by atoms with Gasteiger partial charge < -0.3 is 14.7 Å². The van der Waals surface area contributed by atoms with E-state index in [-0.39, 0.29) is 6.10 Å². The van der Waals surface area contributed by atoms with Gasteiger partial charge in [0.15, 0.2) is 0 Å². The van der Waals surface area contributed by atoms with Crippen LogP contribution in [-0.4, -0.2) is 31.4 Å². The first-order chi connectivity index (χ1) is 7.74. The number of aliphatic hydroxyl groups excluding tert-OH is 1. The Morgan fingerprint density at radius 2 is 2.25 bits per heavy atom. The van der Waals surface area contributed by atoms with Crippen molar-refractivity contribution in [2.45, 2.75) is 25.5 Å². The van der Waals surface area contributed by atoms with E-state index in [1.807, 2.05) is 18.2 Å². The highest BCUT2D eigenvalue weighted by atomic mass is 16.5. The molecule has 0 saturated carbocycles. The quantitative estimate of drug-likeness (QED) is 0.847. The van der Waals surface area contributed by atoms with Crippen molar-refractivity contribution in [2.75, 3.05) is 25.2 Å². The molecule has 0 amide bonds. The normalized spacial score (nSPS) is 21.7. The summed E-state index contributed by atoms with van der Waals surface area (Å²) < 4.78 is 5.19. The Bertz CT molecular complexity index is 354. The van der Waals surface area contributed by atoms with Crippen LogP contribution in [0.15, 0.2) is 24.3 Å². The molecule has 1 N–H and O–H groups in total. The first kappa shape index (κ1) is 11.4. The smallest absolute Gasteiger partial charge is 0.0826 e. The van der Waals surface area contributed by atoms with Crippen LogP contribution in [0.3, 0.4) is 0 Å². The minimum atomic E-state index is -0.317. The van der Waals surface area contributed by atoms with Crippen LogP contribution in [0.2, 0.25) is 0 Å². The van der Waals surface area contributed by atoms with Gasteiger partial charge in [-0.3, -0.25) is 0 Å². The number of methoxy groups -OCH3 is 1. The molecule has 88 valence electrons. The van der Waals surface area contributed by atoms with Gasteiger partial charge in [0.25, 0.3) is 0 Å². The Hall–Kier alpha value is -1.06. The van der Waals surface area contributed by atoms with Crippen LogP contribution < -0.4 is 4.90 Å². The average Bonchev–Trinajstić information content (AvgIpc) is 2.30. The topological polar surface area (TPSA) is 32.7 Å². The fourth-order valence-electron chi connectivity index (χ4n) is 2.36. The van der Waals surface area contributed by atoms with Crippen molar-refractivity contribution in [3.8, 4) is 0 Å². The molecule has 1 aliphatic rings. The van der Waals surface area contributed by atoms with Crippen LogP contribution >= 0.6 is 0 Å². The lowest BCUT2D eigenvalue weighted by Crippen LogP contribution is -2.40. The zero-order chi connectivity index (χ0) is 11.5. The number of anilines is 1. The number of aliphatic hydroxyl groups is 1. The summed E-state index contributed by atoms with van der Waals surface area (Å²) in [5.41, 5.74) is 2.18. The van der Waals surface area contributed by atoms with E-state index >= 15 is 0 Å². The summed E-state index contributed by atoms with van der Waals surface area (Å²) in [6.45, 7) is 3.76. The predicted molar refractivity (Wildman–Crippen MR) is 64.7 cm³/mol. The minimum Gasteiger partial charge on any atom is -0.388 e. The first-order valence-corrected chi connectivity index (χ1v) is 5.76. The molecule has 2 atom stereocenters. The molecule has 0 aromatic heterocycles. The lowest BCUT2D eigenvalue weighted by atomic mass is 9.98. The van der Waals surface area contributed by atoms with Crippen molar-refractivity contribution in [3.63, 3.8) is 0 Å². The highest BCUT2D eigenvalue weighted by Gasteiger charge is 2.25. The van der Waals surface area contributed by atoms with Gasteiger partial charge in [0.2, 0.25) is 0 Å². The van der Waals surface area contributed by atoms with Crippen LogP contribution in [0.1, 0.15) is 25.0 Å². The second-order valence-corrected chi connectivity index (χ2v) is 4.36. The molecule has 16 heavy (non-hydrogen) atoms. The molecular weight excluding hydrogens is 202 g/mol. The Balaban J connectivity index is 2.27. The second-order valence-electron chi connectivity index (χ2n) is 4.36. The maximum absolute atomic E-state index is 9.93. The number of hydrogen-bond donors (Lipinski definition) is 1. The number of ether oxygens (including phenoxy) is 1. The second kappa shape index (κ2) is 4.85. The number of rotatable bonds is 3. The van der Waals surface area contributed by atoms with Crippen molar-refractivity contribution >= 4 is 5.69 Å². The van der Waals surface area contributed by atoms with Gasteiger partial charge in [-0.25, -0.2) is 0 Å². The van der Waals surface area contributed by atoms with Crippen LogP contribution in [0.4, 0.5) is 5.69 Å². The summed E-state index contributed by atoms with van der Waals surface area (Å²) in [6.07, 6.45) is 0.479. The van der Waals surface area contributed by atoms with Gasteiger partial charge in [0, 0.05) is 30.9 Å². The molecule has 0 bridgehead atoms. The van der Waals surface area contributed by atoms with Crippen LogP contribution in [0, 0.1) is 0 Å². The number of fused-ring (bicyclic) bond motifs is 1. The van der Waals surface area contributed by atoms with E-state index in [2.05, 4.69) is 17.9 Å². The molecule has 0 spiro atoms. The minimum absolute atomic E-state index is 0.317. The van der Waals surface area contributed by atoms with E-state index < -0.39 is 0 Å². The zero-order valence-corrected chi connectivity index (χ0v) is 9.89. The predicted octanol–water partition coefficient (Wildman–Crippen LogP) is 1.97. The fraction of sp³-hybridized carbons (Fsp3) is 0.538. The van der Waals surface area contributed by atoms with Crippen LogP contribution in [0.25, 0.3) is 0 Å². The Kier molecular flexibility index (Phi) is 3.46. The molecule has 0 radical (unpaired) electrons. The standard InChI is InChI=1S/C13H19NO2/c1-10(9-16-2)14-8-7-13(15)11-5-3-4-6-12(11)14/h3-6,10,13,15H,7-9H2,1-2H3. The SMILES string of the molecule is COCC(C)N1CCC(O)c2ccccc21. The number of hydrogen-bond acceptors (Lipinski definition) is 3. The zero-order valence-electron chi connectivity index (χ0n) is 9.89. The third-order valence-corrected chi connectivity index (χ3v) is 3.19. The lowest BCUT2D eigenvalue weighted by Gasteiger charge is -2.37. The molecule has 1 aromatic rings. The van der Waals surface area contributed by atoms with Crippen molar-refractivity contribution in [1.82, 2.24) is 0 Å². The summed E-state index contributed by atoms with van der Waals surface area (Å²) >= 11 is 0. The van der Waals surface area contributed by atoms with E-state index in [9.17, 15) is 5.11 Å². The molecule has 3 heteroatoms. The van der Waals surface area contributed by atoms with Gasteiger partial charge in [0.1, 0.15) is 0 Å². The van der Waals surface area contributed by atoms with Crippen molar-refractivity contribution in [2.24, 2.45) is 0 Å². The molecular formula is C13H19NO2. The molecule has 1 aliphatic heterocycles. The van der Waals surface area contributed by atoms with Gasteiger partial charge in [-0.15, -0.1) is 0 Å². The van der Waals surface area contributed by atoms with Gasteiger partial charge >= 0.3 is 0 Å². The Morgan fingerprint density at radius 1 is 1.50 bits per heavy atom.